The molecule has 0 heterocycles. The van der Waals surface area contributed by atoms with Gasteiger partial charge in [-0.3, -0.25) is 0 Å². The Kier molecular flexibility index (Phi) is 3.30. The molecule has 0 radical (unpaired) electrons. The molecule has 0 aliphatic heterocycles. The molecular weight excluding hydrogens is 214 g/mol. The number of nitrogen functional groups attached to an aromatic ring is 1. The third-order valence-corrected chi connectivity index (χ3v) is 2.65. The van der Waals surface area contributed by atoms with Crippen molar-refractivity contribution in [2.45, 2.75) is 13.5 Å². The van der Waals surface area contributed by atoms with Crippen LogP contribution in [0.3, 0.4) is 0 Å². The van der Waals surface area contributed by atoms with Gasteiger partial charge in [-0.2, -0.15) is 0 Å². The molecule has 17 heavy (non-hydrogen) atoms. The lowest BCUT2D eigenvalue weighted by Crippen LogP contribution is -1.96. The molecule has 0 aromatic heterocycles. The third kappa shape index (κ3) is 2.40. The van der Waals surface area contributed by atoms with Crippen LogP contribution in [-0.2, 0) is 6.61 Å². The van der Waals surface area contributed by atoms with Crippen LogP contribution < -0.4 is 10.5 Å². The summed E-state index contributed by atoms with van der Waals surface area (Å²) in [7, 11) is 0. The monoisotopic (exact) mass is 229 g/mol. The SMILES string of the molecule is Cc1cccc(Oc2ccccc2CO)c1N. The maximum atomic E-state index is 9.21. The molecule has 88 valence electrons. The molecule has 0 atom stereocenters. The van der Waals surface area contributed by atoms with Crippen molar-refractivity contribution in [2.24, 2.45) is 0 Å². The van der Waals surface area contributed by atoms with Gasteiger partial charge in [0.1, 0.15) is 5.75 Å². The second-order valence-electron chi connectivity index (χ2n) is 3.85. The molecule has 3 nitrogen and oxygen atoms in total. The van der Waals surface area contributed by atoms with Gasteiger partial charge in [-0.15, -0.1) is 0 Å². The summed E-state index contributed by atoms with van der Waals surface area (Å²) < 4.78 is 5.73. The van der Waals surface area contributed by atoms with Crippen LogP contribution in [0.4, 0.5) is 5.69 Å². The molecular formula is C14H15NO2. The maximum absolute atomic E-state index is 9.21. The molecule has 0 saturated carbocycles. The van der Waals surface area contributed by atoms with Crippen LogP contribution in [0.5, 0.6) is 11.5 Å². The summed E-state index contributed by atoms with van der Waals surface area (Å²) in [5.41, 5.74) is 8.28. The Balaban J connectivity index is 2.35. The second kappa shape index (κ2) is 4.89. The first-order valence-electron chi connectivity index (χ1n) is 5.44. The summed E-state index contributed by atoms with van der Waals surface area (Å²) in [6.45, 7) is 1.88. The van der Waals surface area contributed by atoms with E-state index in [1.54, 1.807) is 0 Å². The van der Waals surface area contributed by atoms with Gasteiger partial charge in [0.05, 0.1) is 12.3 Å². The van der Waals surface area contributed by atoms with Gasteiger partial charge in [0, 0.05) is 5.56 Å². The number of hydrogen-bond donors (Lipinski definition) is 2. The van der Waals surface area contributed by atoms with E-state index in [2.05, 4.69) is 0 Å². The van der Waals surface area contributed by atoms with Crippen molar-refractivity contribution in [2.75, 3.05) is 5.73 Å². The Hall–Kier alpha value is -2.00. The highest BCUT2D eigenvalue weighted by Gasteiger charge is 2.07. The molecule has 2 aromatic carbocycles. The molecule has 0 bridgehead atoms. The van der Waals surface area contributed by atoms with Crippen LogP contribution >= 0.6 is 0 Å². The first-order chi connectivity index (χ1) is 8.22. The number of para-hydroxylation sites is 2. The Morgan fingerprint density at radius 1 is 1.06 bits per heavy atom. The minimum absolute atomic E-state index is 0.0537. The first-order valence-corrected chi connectivity index (χ1v) is 5.44. The number of nitrogens with two attached hydrogens (primary N) is 1. The van der Waals surface area contributed by atoms with Crippen LogP contribution in [0, 0.1) is 6.92 Å². The topological polar surface area (TPSA) is 55.5 Å². The molecule has 0 aliphatic rings. The molecule has 0 saturated heterocycles. The quantitative estimate of drug-likeness (QED) is 0.796. The Morgan fingerprint density at radius 2 is 1.76 bits per heavy atom. The van der Waals surface area contributed by atoms with E-state index < -0.39 is 0 Å². The Labute approximate surface area is 100 Å². The lowest BCUT2D eigenvalue weighted by atomic mass is 10.2. The molecule has 3 heteroatoms. The smallest absolute Gasteiger partial charge is 0.150 e. The van der Waals surface area contributed by atoms with Crippen molar-refractivity contribution in [1.29, 1.82) is 0 Å². The summed E-state index contributed by atoms with van der Waals surface area (Å²) in [5, 5.41) is 9.21. The predicted molar refractivity (Wildman–Crippen MR) is 68.0 cm³/mol. The van der Waals surface area contributed by atoms with Gasteiger partial charge in [0.25, 0.3) is 0 Å². The van der Waals surface area contributed by atoms with Gasteiger partial charge >= 0.3 is 0 Å². The number of benzene rings is 2. The van der Waals surface area contributed by atoms with E-state index in [9.17, 15) is 5.11 Å². The zero-order valence-electron chi connectivity index (χ0n) is 9.68. The van der Waals surface area contributed by atoms with Crippen molar-refractivity contribution in [1.82, 2.24) is 0 Å². The van der Waals surface area contributed by atoms with Crippen molar-refractivity contribution in [3.05, 3.63) is 53.6 Å². The van der Waals surface area contributed by atoms with Crippen LogP contribution in [0.25, 0.3) is 0 Å². The molecule has 0 amide bonds. The standard InChI is InChI=1S/C14H15NO2/c1-10-5-4-8-13(14(10)15)17-12-7-3-2-6-11(12)9-16/h2-8,16H,9,15H2,1H3. The number of anilines is 1. The molecule has 3 N–H and O–H groups in total. The summed E-state index contributed by atoms with van der Waals surface area (Å²) in [4.78, 5) is 0. The summed E-state index contributed by atoms with van der Waals surface area (Å²) in [6, 6.07) is 13.0. The molecule has 2 aromatic rings. The van der Waals surface area contributed by atoms with E-state index in [1.165, 1.54) is 0 Å². The number of hydrogen-bond acceptors (Lipinski definition) is 3. The zero-order valence-corrected chi connectivity index (χ0v) is 9.68. The second-order valence-corrected chi connectivity index (χ2v) is 3.85. The molecule has 0 aliphatic carbocycles. The molecule has 0 fully saturated rings. The van der Waals surface area contributed by atoms with Gasteiger partial charge in [0.15, 0.2) is 5.75 Å². The van der Waals surface area contributed by atoms with Gasteiger partial charge in [-0.05, 0) is 24.6 Å². The fourth-order valence-corrected chi connectivity index (χ4v) is 1.60. The first kappa shape index (κ1) is 11.5. The van der Waals surface area contributed by atoms with E-state index in [0.29, 0.717) is 17.2 Å². The number of rotatable bonds is 3. The van der Waals surface area contributed by atoms with Gasteiger partial charge in [0.2, 0.25) is 0 Å². The minimum atomic E-state index is -0.0537. The van der Waals surface area contributed by atoms with E-state index in [4.69, 9.17) is 10.5 Å². The molecule has 2 rings (SSSR count). The van der Waals surface area contributed by atoms with Crippen molar-refractivity contribution < 1.29 is 9.84 Å². The Morgan fingerprint density at radius 3 is 2.53 bits per heavy atom. The maximum Gasteiger partial charge on any atom is 0.150 e. The summed E-state index contributed by atoms with van der Waals surface area (Å²) in [5.74, 6) is 1.25. The summed E-state index contributed by atoms with van der Waals surface area (Å²) in [6.07, 6.45) is 0. The van der Waals surface area contributed by atoms with Crippen molar-refractivity contribution in [3.63, 3.8) is 0 Å². The van der Waals surface area contributed by atoms with Gasteiger partial charge in [-0.1, -0.05) is 30.3 Å². The highest BCUT2D eigenvalue weighted by atomic mass is 16.5. The fourth-order valence-electron chi connectivity index (χ4n) is 1.60. The number of aliphatic hydroxyl groups is 1. The number of ether oxygens (including phenoxy) is 1. The average molecular weight is 229 g/mol. The highest BCUT2D eigenvalue weighted by Crippen LogP contribution is 2.31. The fraction of sp³-hybridized carbons (Fsp3) is 0.143. The van der Waals surface area contributed by atoms with Crippen molar-refractivity contribution in [3.8, 4) is 11.5 Å². The van der Waals surface area contributed by atoms with E-state index in [0.717, 1.165) is 11.1 Å². The van der Waals surface area contributed by atoms with Crippen LogP contribution in [0.2, 0.25) is 0 Å². The van der Waals surface area contributed by atoms with Crippen molar-refractivity contribution >= 4 is 5.69 Å². The molecule has 0 unspecified atom stereocenters. The van der Waals surface area contributed by atoms with Crippen LogP contribution in [0.1, 0.15) is 11.1 Å². The van der Waals surface area contributed by atoms with Gasteiger partial charge < -0.3 is 15.6 Å². The third-order valence-electron chi connectivity index (χ3n) is 2.65. The predicted octanol–water partition coefficient (Wildman–Crippen LogP) is 2.86. The van der Waals surface area contributed by atoms with Crippen LogP contribution in [0.15, 0.2) is 42.5 Å². The number of aryl methyl sites for hydroxylation is 1. The van der Waals surface area contributed by atoms with Gasteiger partial charge in [-0.25, -0.2) is 0 Å². The Bertz CT molecular complexity index is 523. The largest absolute Gasteiger partial charge is 0.455 e. The molecule has 0 spiro atoms. The highest BCUT2D eigenvalue weighted by molar-refractivity contribution is 5.59. The van der Waals surface area contributed by atoms with E-state index in [-0.39, 0.29) is 6.61 Å². The lowest BCUT2D eigenvalue weighted by molar-refractivity contribution is 0.276. The zero-order chi connectivity index (χ0) is 12.3. The lowest BCUT2D eigenvalue weighted by Gasteiger charge is -2.12. The average Bonchev–Trinajstić information content (AvgIpc) is 2.35. The van der Waals surface area contributed by atoms with E-state index in [1.807, 2.05) is 49.4 Å². The minimum Gasteiger partial charge on any atom is -0.455 e. The number of aliphatic hydroxyl groups excluding tert-OH is 1. The normalized spacial score (nSPS) is 10.2. The van der Waals surface area contributed by atoms with Crippen LogP contribution in [-0.4, -0.2) is 5.11 Å². The van der Waals surface area contributed by atoms with E-state index >= 15 is 0 Å². The summed E-state index contributed by atoms with van der Waals surface area (Å²) >= 11 is 0.